The molecule has 3 unspecified atom stereocenters. The van der Waals surface area contributed by atoms with Gasteiger partial charge in [0.05, 0.1) is 12.2 Å². The van der Waals surface area contributed by atoms with Gasteiger partial charge >= 0.3 is 0 Å². The van der Waals surface area contributed by atoms with Gasteiger partial charge in [-0.3, -0.25) is 14.8 Å². The molecule has 6 nitrogen and oxygen atoms in total. The molecule has 0 radical (unpaired) electrons. The lowest BCUT2D eigenvalue weighted by Gasteiger charge is -2.35. The summed E-state index contributed by atoms with van der Waals surface area (Å²) < 4.78 is 5.85. The minimum atomic E-state index is 0. The lowest BCUT2D eigenvalue weighted by atomic mass is 10.1. The van der Waals surface area contributed by atoms with Crippen molar-refractivity contribution < 1.29 is 4.74 Å². The van der Waals surface area contributed by atoms with Gasteiger partial charge in [0.15, 0.2) is 5.96 Å². The number of nitrogens with one attached hydrogen (secondary N) is 2. The van der Waals surface area contributed by atoms with Crippen LogP contribution in [-0.4, -0.2) is 73.3 Å². The van der Waals surface area contributed by atoms with Crippen LogP contribution in [0.3, 0.4) is 0 Å². The van der Waals surface area contributed by atoms with E-state index in [1.165, 1.54) is 49.8 Å². The number of aliphatic imine (C=N–C) groups is 1. The predicted octanol–water partition coefficient (Wildman–Crippen LogP) is 3.60. The fraction of sp³-hybridized carbons (Fsp3) is 0.720. The molecule has 3 aliphatic rings. The summed E-state index contributed by atoms with van der Waals surface area (Å²) in [4.78, 5) is 9.64. The Labute approximate surface area is 211 Å². The topological polar surface area (TPSA) is 52.1 Å². The van der Waals surface area contributed by atoms with E-state index in [2.05, 4.69) is 63.5 Å². The summed E-state index contributed by atoms with van der Waals surface area (Å²) in [6, 6.07) is 10.3. The van der Waals surface area contributed by atoms with Crippen LogP contribution in [0.1, 0.15) is 57.1 Å². The van der Waals surface area contributed by atoms with Gasteiger partial charge in [0.2, 0.25) is 0 Å². The lowest BCUT2D eigenvalue weighted by molar-refractivity contribution is -0.0704. The van der Waals surface area contributed by atoms with E-state index in [4.69, 9.17) is 4.74 Å². The lowest BCUT2D eigenvalue weighted by Crippen LogP contribution is -2.45. The van der Waals surface area contributed by atoms with Crippen molar-refractivity contribution in [2.45, 2.75) is 83.3 Å². The van der Waals surface area contributed by atoms with Crippen molar-refractivity contribution >= 4 is 29.9 Å². The van der Waals surface area contributed by atoms with Crippen molar-refractivity contribution in [3.63, 3.8) is 0 Å². The Morgan fingerprint density at radius 2 is 1.66 bits per heavy atom. The van der Waals surface area contributed by atoms with Crippen molar-refractivity contribution in [2.24, 2.45) is 4.99 Å². The molecule has 7 heteroatoms. The van der Waals surface area contributed by atoms with Gasteiger partial charge in [-0.05, 0) is 44.2 Å². The zero-order chi connectivity index (χ0) is 21.6. The molecule has 4 rings (SSSR count). The van der Waals surface area contributed by atoms with Gasteiger partial charge in [0, 0.05) is 58.4 Å². The molecular formula is C25H42IN5O. The normalized spacial score (nSPS) is 28.0. The predicted molar refractivity (Wildman–Crippen MR) is 143 cm³/mol. The third-order valence-electron chi connectivity index (χ3n) is 7.01. The van der Waals surface area contributed by atoms with Gasteiger partial charge in [-0.1, -0.05) is 37.1 Å². The molecular weight excluding hydrogens is 513 g/mol. The highest BCUT2D eigenvalue weighted by atomic mass is 127. The third-order valence-corrected chi connectivity index (χ3v) is 7.01. The summed E-state index contributed by atoms with van der Waals surface area (Å²) in [7, 11) is 1.87. The fourth-order valence-corrected chi connectivity index (χ4v) is 5.51. The van der Waals surface area contributed by atoms with Gasteiger partial charge in [-0.25, -0.2) is 0 Å². The Kier molecular flexibility index (Phi) is 10.1. The Morgan fingerprint density at radius 1 is 1.00 bits per heavy atom. The number of hydrogen-bond donors (Lipinski definition) is 2. The smallest absolute Gasteiger partial charge is 0.191 e. The Hall–Kier alpha value is -0.900. The van der Waals surface area contributed by atoms with E-state index >= 15 is 0 Å². The second-order valence-electron chi connectivity index (χ2n) is 9.76. The highest BCUT2D eigenvalue weighted by molar-refractivity contribution is 14.0. The maximum absolute atomic E-state index is 5.85. The molecule has 3 fully saturated rings. The highest BCUT2D eigenvalue weighted by Crippen LogP contribution is 2.26. The standard InChI is InChI=1S/C25H41N5O.HI/c1-19-15-29(16-20(2)31-19)17-22-10-8-21(9-11-22)14-27-25(26-3)28-23-12-13-30(18-23)24-6-4-5-7-24;/h8-11,19-20,23-24H,4-7,12-18H2,1-3H3,(H2,26,27,28);1H. The van der Waals surface area contributed by atoms with Crippen LogP contribution in [-0.2, 0) is 17.8 Å². The molecule has 0 spiro atoms. The van der Waals surface area contributed by atoms with Crippen LogP contribution >= 0.6 is 24.0 Å². The van der Waals surface area contributed by atoms with E-state index in [0.717, 1.165) is 44.7 Å². The zero-order valence-corrected chi connectivity index (χ0v) is 22.4. The summed E-state index contributed by atoms with van der Waals surface area (Å²) in [5, 5.41) is 7.14. The average molecular weight is 556 g/mol. The molecule has 0 bridgehead atoms. The first-order valence-corrected chi connectivity index (χ1v) is 12.3. The number of benzene rings is 1. The van der Waals surface area contributed by atoms with Crippen LogP contribution in [0.4, 0.5) is 0 Å². The molecule has 2 saturated heterocycles. The molecule has 1 aromatic carbocycles. The third kappa shape index (κ3) is 7.30. The van der Waals surface area contributed by atoms with Crippen LogP contribution in [0.2, 0.25) is 0 Å². The van der Waals surface area contributed by atoms with E-state index in [-0.39, 0.29) is 24.0 Å². The van der Waals surface area contributed by atoms with E-state index < -0.39 is 0 Å². The number of ether oxygens (including phenoxy) is 1. The maximum Gasteiger partial charge on any atom is 0.191 e. The van der Waals surface area contributed by atoms with Crippen LogP contribution in [0.5, 0.6) is 0 Å². The molecule has 32 heavy (non-hydrogen) atoms. The van der Waals surface area contributed by atoms with Crippen molar-refractivity contribution in [3.8, 4) is 0 Å². The van der Waals surface area contributed by atoms with E-state index in [1.807, 2.05) is 7.05 Å². The molecule has 2 heterocycles. The number of guanidine groups is 1. The number of halogens is 1. The fourth-order valence-electron chi connectivity index (χ4n) is 5.51. The first kappa shape index (κ1) is 25.7. The molecule has 0 aromatic heterocycles. The summed E-state index contributed by atoms with van der Waals surface area (Å²) in [6.07, 6.45) is 7.44. The summed E-state index contributed by atoms with van der Waals surface area (Å²) in [6.45, 7) is 10.5. The molecule has 0 amide bonds. The second kappa shape index (κ2) is 12.5. The molecule has 180 valence electrons. The van der Waals surface area contributed by atoms with E-state index in [1.54, 1.807) is 0 Å². The minimum Gasteiger partial charge on any atom is -0.373 e. The summed E-state index contributed by atoms with van der Waals surface area (Å²) in [5.41, 5.74) is 2.65. The Bertz CT molecular complexity index is 712. The van der Waals surface area contributed by atoms with Crippen LogP contribution in [0, 0.1) is 0 Å². The van der Waals surface area contributed by atoms with Gasteiger partial charge in [0.1, 0.15) is 0 Å². The monoisotopic (exact) mass is 555 g/mol. The summed E-state index contributed by atoms with van der Waals surface area (Å²) >= 11 is 0. The van der Waals surface area contributed by atoms with Gasteiger partial charge in [-0.2, -0.15) is 0 Å². The van der Waals surface area contributed by atoms with Crippen LogP contribution < -0.4 is 10.6 Å². The second-order valence-corrected chi connectivity index (χ2v) is 9.76. The Balaban J connectivity index is 0.00000289. The molecule has 1 saturated carbocycles. The molecule has 1 aliphatic carbocycles. The first-order valence-electron chi connectivity index (χ1n) is 12.3. The van der Waals surface area contributed by atoms with Crippen LogP contribution in [0.25, 0.3) is 0 Å². The van der Waals surface area contributed by atoms with Crippen LogP contribution in [0.15, 0.2) is 29.3 Å². The minimum absolute atomic E-state index is 0. The summed E-state index contributed by atoms with van der Waals surface area (Å²) in [5.74, 6) is 0.915. The first-order chi connectivity index (χ1) is 15.1. The number of morpholine rings is 1. The molecule has 2 N–H and O–H groups in total. The van der Waals surface area contributed by atoms with E-state index in [0.29, 0.717) is 18.2 Å². The largest absolute Gasteiger partial charge is 0.373 e. The zero-order valence-electron chi connectivity index (χ0n) is 20.1. The average Bonchev–Trinajstić information content (AvgIpc) is 3.43. The van der Waals surface area contributed by atoms with Gasteiger partial charge in [0.25, 0.3) is 0 Å². The number of nitrogens with zero attached hydrogens (tertiary/aromatic N) is 3. The van der Waals surface area contributed by atoms with Crippen molar-refractivity contribution in [1.29, 1.82) is 0 Å². The van der Waals surface area contributed by atoms with Gasteiger partial charge in [-0.15, -0.1) is 24.0 Å². The van der Waals surface area contributed by atoms with E-state index in [9.17, 15) is 0 Å². The molecule has 3 atom stereocenters. The van der Waals surface area contributed by atoms with Crippen molar-refractivity contribution in [3.05, 3.63) is 35.4 Å². The van der Waals surface area contributed by atoms with Gasteiger partial charge < -0.3 is 15.4 Å². The SMILES string of the molecule is CN=C(NCc1ccc(CN2CC(C)OC(C)C2)cc1)NC1CCN(C2CCCC2)C1.I. The number of rotatable bonds is 6. The quantitative estimate of drug-likeness (QED) is 0.319. The van der Waals surface area contributed by atoms with Crippen molar-refractivity contribution in [2.75, 3.05) is 33.2 Å². The highest BCUT2D eigenvalue weighted by Gasteiger charge is 2.30. The number of likely N-dealkylation sites (tertiary alicyclic amines) is 1. The molecule has 1 aromatic rings. The molecule has 2 aliphatic heterocycles. The maximum atomic E-state index is 5.85. The Morgan fingerprint density at radius 3 is 2.31 bits per heavy atom. The van der Waals surface area contributed by atoms with Crippen molar-refractivity contribution in [1.82, 2.24) is 20.4 Å². The number of hydrogen-bond acceptors (Lipinski definition) is 4.